The van der Waals surface area contributed by atoms with Crippen molar-refractivity contribution >= 4 is 33.7 Å². The van der Waals surface area contributed by atoms with E-state index in [0.29, 0.717) is 30.1 Å². The first-order valence-corrected chi connectivity index (χ1v) is 8.60. The fraction of sp³-hybridized carbons (Fsp3) is 0.222. The lowest BCUT2D eigenvalue weighted by atomic mass is 10.1. The summed E-state index contributed by atoms with van der Waals surface area (Å²) in [6, 6.07) is 10.1. The van der Waals surface area contributed by atoms with E-state index in [1.54, 1.807) is 17.1 Å². The minimum absolute atomic E-state index is 0.228. The van der Waals surface area contributed by atoms with Gasteiger partial charge in [-0.05, 0) is 30.7 Å². The molecular formula is C18H16N8O. The minimum Gasteiger partial charge on any atom is -0.370 e. The minimum atomic E-state index is -0.228. The number of hydrogen-bond acceptors (Lipinski definition) is 8. The molecule has 1 unspecified atom stereocenters. The Balaban J connectivity index is 1.43. The predicted octanol–water partition coefficient (Wildman–Crippen LogP) is 2.35. The Kier molecular flexibility index (Phi) is 3.63. The highest BCUT2D eigenvalue weighted by Crippen LogP contribution is 2.18. The van der Waals surface area contributed by atoms with Gasteiger partial charge in [0.25, 0.3) is 0 Å². The molecule has 0 radical (unpaired) electrons. The molecule has 9 nitrogen and oxygen atoms in total. The third kappa shape index (κ3) is 3.03. The number of nitrogens with zero attached hydrogens (tertiary/aromatic N) is 7. The van der Waals surface area contributed by atoms with Crippen LogP contribution >= 0.6 is 0 Å². The summed E-state index contributed by atoms with van der Waals surface area (Å²) < 4.78 is 1.74. The molecule has 3 aromatic heterocycles. The van der Waals surface area contributed by atoms with Crippen LogP contribution in [-0.4, -0.2) is 41.9 Å². The number of benzene rings is 1. The fourth-order valence-corrected chi connectivity index (χ4v) is 3.07. The van der Waals surface area contributed by atoms with Crippen molar-refractivity contribution in [2.24, 2.45) is 5.16 Å². The normalized spacial score (nSPS) is 16.5. The van der Waals surface area contributed by atoms with Crippen molar-refractivity contribution in [2.75, 3.05) is 5.32 Å². The molecule has 27 heavy (non-hydrogen) atoms. The average molecular weight is 360 g/mol. The van der Waals surface area contributed by atoms with Gasteiger partial charge in [0, 0.05) is 18.0 Å². The zero-order valence-electron chi connectivity index (χ0n) is 14.6. The van der Waals surface area contributed by atoms with Gasteiger partial charge in [-0.2, -0.15) is 0 Å². The largest absolute Gasteiger partial charge is 0.370 e. The number of nitrogens with one attached hydrogen (secondary N) is 1. The molecular weight excluding hydrogens is 344 g/mol. The lowest BCUT2D eigenvalue weighted by molar-refractivity contribution is 0.106. The Morgan fingerprint density at radius 2 is 2.22 bits per heavy atom. The SMILES string of the molecule is CC1=NOC(Nc2cnc3nnn(Cc4ccc5ncccc5c4)c3n2)C1. The van der Waals surface area contributed by atoms with Crippen LogP contribution < -0.4 is 5.32 Å². The summed E-state index contributed by atoms with van der Waals surface area (Å²) in [6.07, 6.45) is 3.90. The van der Waals surface area contributed by atoms with E-state index in [1.165, 1.54) is 0 Å². The molecule has 134 valence electrons. The zero-order valence-corrected chi connectivity index (χ0v) is 14.6. The van der Waals surface area contributed by atoms with Crippen LogP contribution in [0.5, 0.6) is 0 Å². The Morgan fingerprint density at radius 3 is 3.11 bits per heavy atom. The third-order valence-corrected chi connectivity index (χ3v) is 4.35. The van der Waals surface area contributed by atoms with Gasteiger partial charge < -0.3 is 10.2 Å². The summed E-state index contributed by atoms with van der Waals surface area (Å²) in [4.78, 5) is 18.6. The summed E-state index contributed by atoms with van der Waals surface area (Å²) in [6.45, 7) is 2.47. The van der Waals surface area contributed by atoms with Crippen molar-refractivity contribution in [2.45, 2.75) is 26.1 Å². The molecule has 0 fully saturated rings. The number of anilines is 1. The van der Waals surface area contributed by atoms with E-state index in [-0.39, 0.29) is 6.23 Å². The number of fused-ring (bicyclic) bond motifs is 2. The molecule has 1 N–H and O–H groups in total. The first-order valence-electron chi connectivity index (χ1n) is 8.60. The topological polar surface area (TPSA) is 103 Å². The molecule has 1 atom stereocenters. The molecule has 1 aromatic carbocycles. The number of hydrogen-bond donors (Lipinski definition) is 1. The van der Waals surface area contributed by atoms with Crippen LogP contribution in [0.4, 0.5) is 5.82 Å². The van der Waals surface area contributed by atoms with Crippen LogP contribution in [0.1, 0.15) is 18.9 Å². The molecule has 0 saturated heterocycles. The summed E-state index contributed by atoms with van der Waals surface area (Å²) in [5.74, 6) is 0.601. The van der Waals surface area contributed by atoms with Crippen molar-refractivity contribution in [1.82, 2.24) is 29.9 Å². The van der Waals surface area contributed by atoms with Gasteiger partial charge >= 0.3 is 0 Å². The van der Waals surface area contributed by atoms with E-state index in [1.807, 2.05) is 31.2 Å². The van der Waals surface area contributed by atoms with E-state index >= 15 is 0 Å². The van der Waals surface area contributed by atoms with Crippen LogP contribution in [0.3, 0.4) is 0 Å². The maximum Gasteiger partial charge on any atom is 0.221 e. The van der Waals surface area contributed by atoms with Gasteiger partial charge in [0.05, 0.1) is 24.0 Å². The second kappa shape index (κ2) is 6.27. The van der Waals surface area contributed by atoms with Gasteiger partial charge in [-0.3, -0.25) is 4.98 Å². The highest BCUT2D eigenvalue weighted by molar-refractivity contribution is 5.83. The molecule has 0 saturated carbocycles. The lowest BCUT2D eigenvalue weighted by Gasteiger charge is -2.10. The molecule has 1 aliphatic rings. The second-order valence-electron chi connectivity index (χ2n) is 6.45. The maximum absolute atomic E-state index is 5.29. The maximum atomic E-state index is 5.29. The summed E-state index contributed by atoms with van der Waals surface area (Å²) >= 11 is 0. The van der Waals surface area contributed by atoms with Crippen molar-refractivity contribution in [1.29, 1.82) is 0 Å². The van der Waals surface area contributed by atoms with Crippen LogP contribution in [0.2, 0.25) is 0 Å². The van der Waals surface area contributed by atoms with Crippen molar-refractivity contribution < 1.29 is 4.84 Å². The summed E-state index contributed by atoms with van der Waals surface area (Å²) in [7, 11) is 0. The number of pyridine rings is 1. The summed E-state index contributed by atoms with van der Waals surface area (Å²) in [5, 5.41) is 16.5. The van der Waals surface area contributed by atoms with Gasteiger partial charge in [0.1, 0.15) is 5.82 Å². The molecule has 1 aliphatic heterocycles. The van der Waals surface area contributed by atoms with Crippen LogP contribution in [0, 0.1) is 0 Å². The standard InChI is InChI=1S/C18H16N8O/c1-11-7-16(27-24-11)21-15-9-20-17-18(22-15)26(25-23-17)10-12-4-5-14-13(8-12)3-2-6-19-14/h2-6,8-9,16H,7,10H2,1H3,(H,21,22). The highest BCUT2D eigenvalue weighted by Gasteiger charge is 2.19. The van der Waals surface area contributed by atoms with Crippen LogP contribution in [-0.2, 0) is 11.4 Å². The first-order chi connectivity index (χ1) is 13.2. The predicted molar refractivity (Wildman–Crippen MR) is 100 cm³/mol. The van der Waals surface area contributed by atoms with Gasteiger partial charge in [0.15, 0.2) is 5.65 Å². The van der Waals surface area contributed by atoms with Gasteiger partial charge in [-0.15, -0.1) is 5.10 Å². The molecule has 0 amide bonds. The Bertz CT molecular complexity index is 1170. The number of rotatable bonds is 4. The summed E-state index contributed by atoms with van der Waals surface area (Å²) in [5.41, 5.74) is 4.11. The number of oxime groups is 1. The average Bonchev–Trinajstić information content (AvgIpc) is 3.28. The van der Waals surface area contributed by atoms with E-state index in [0.717, 1.165) is 22.2 Å². The Hall–Kier alpha value is -3.62. The Labute approximate surface area is 154 Å². The van der Waals surface area contributed by atoms with Gasteiger partial charge in [-0.25, -0.2) is 14.6 Å². The van der Waals surface area contributed by atoms with E-state index in [2.05, 4.69) is 41.8 Å². The van der Waals surface area contributed by atoms with E-state index in [9.17, 15) is 0 Å². The second-order valence-corrected chi connectivity index (χ2v) is 6.45. The monoisotopic (exact) mass is 360 g/mol. The third-order valence-electron chi connectivity index (χ3n) is 4.35. The van der Waals surface area contributed by atoms with Crippen molar-refractivity contribution in [3.63, 3.8) is 0 Å². The van der Waals surface area contributed by atoms with Crippen LogP contribution in [0.15, 0.2) is 47.9 Å². The highest BCUT2D eigenvalue weighted by atomic mass is 16.7. The lowest BCUT2D eigenvalue weighted by Crippen LogP contribution is -2.19. The molecule has 9 heteroatoms. The molecule has 0 bridgehead atoms. The van der Waals surface area contributed by atoms with Gasteiger partial charge in [-0.1, -0.05) is 22.5 Å². The van der Waals surface area contributed by atoms with Crippen molar-refractivity contribution in [3.05, 3.63) is 48.3 Å². The van der Waals surface area contributed by atoms with Crippen molar-refractivity contribution in [3.8, 4) is 0 Å². The molecule has 4 aromatic rings. The quantitative estimate of drug-likeness (QED) is 0.596. The van der Waals surface area contributed by atoms with Gasteiger partial charge in [0.2, 0.25) is 11.9 Å². The zero-order chi connectivity index (χ0) is 18.2. The number of aromatic nitrogens is 6. The van der Waals surface area contributed by atoms with Crippen LogP contribution in [0.25, 0.3) is 22.2 Å². The smallest absolute Gasteiger partial charge is 0.221 e. The molecule has 5 rings (SSSR count). The molecule has 4 heterocycles. The molecule has 0 spiro atoms. The first kappa shape index (κ1) is 15.6. The van der Waals surface area contributed by atoms with E-state index in [4.69, 9.17) is 4.84 Å². The fourth-order valence-electron chi connectivity index (χ4n) is 3.07. The van der Waals surface area contributed by atoms with E-state index < -0.39 is 0 Å². The molecule has 0 aliphatic carbocycles. The Morgan fingerprint density at radius 1 is 1.26 bits per heavy atom.